The SMILES string of the molecule is O=C(CCc1ccc(O)cc1)NC1CCN(c2nccc(C3CCOCC3)n2)C1. The Kier molecular flexibility index (Phi) is 6.24. The van der Waals surface area contributed by atoms with Gasteiger partial charge in [0.15, 0.2) is 0 Å². The van der Waals surface area contributed by atoms with Crippen LogP contribution in [0.4, 0.5) is 5.95 Å². The van der Waals surface area contributed by atoms with E-state index in [0.717, 1.165) is 62.8 Å². The number of rotatable bonds is 6. The van der Waals surface area contributed by atoms with Crippen LogP contribution in [-0.2, 0) is 16.0 Å². The highest BCUT2D eigenvalue weighted by molar-refractivity contribution is 5.76. The molecule has 7 nitrogen and oxygen atoms in total. The van der Waals surface area contributed by atoms with E-state index in [0.29, 0.717) is 18.8 Å². The number of nitrogens with one attached hydrogen (secondary N) is 1. The van der Waals surface area contributed by atoms with Gasteiger partial charge in [-0.2, -0.15) is 0 Å². The Hall–Kier alpha value is -2.67. The molecule has 3 heterocycles. The average molecular weight is 396 g/mol. The number of hydrogen-bond donors (Lipinski definition) is 2. The Morgan fingerprint density at radius 2 is 1.97 bits per heavy atom. The minimum atomic E-state index is 0.0572. The van der Waals surface area contributed by atoms with E-state index >= 15 is 0 Å². The molecule has 2 fully saturated rings. The lowest BCUT2D eigenvalue weighted by Crippen LogP contribution is -2.37. The molecule has 0 saturated carbocycles. The Bertz CT molecular complexity index is 821. The van der Waals surface area contributed by atoms with Crippen molar-refractivity contribution in [3.05, 3.63) is 47.8 Å². The molecule has 2 aliphatic rings. The highest BCUT2D eigenvalue weighted by Crippen LogP contribution is 2.26. The van der Waals surface area contributed by atoms with Gasteiger partial charge in [0.1, 0.15) is 5.75 Å². The van der Waals surface area contributed by atoms with Gasteiger partial charge >= 0.3 is 0 Å². The van der Waals surface area contributed by atoms with E-state index in [1.54, 1.807) is 12.1 Å². The first kappa shape index (κ1) is 19.6. The molecular weight excluding hydrogens is 368 g/mol. The number of hydrogen-bond acceptors (Lipinski definition) is 6. The second-order valence-corrected chi connectivity index (χ2v) is 7.83. The molecule has 7 heteroatoms. The first-order valence-electron chi connectivity index (χ1n) is 10.4. The number of ether oxygens (including phenoxy) is 1. The van der Waals surface area contributed by atoms with Gasteiger partial charge in [0.05, 0.1) is 0 Å². The summed E-state index contributed by atoms with van der Waals surface area (Å²) in [6.45, 7) is 3.18. The van der Waals surface area contributed by atoms with Crippen LogP contribution in [0.15, 0.2) is 36.5 Å². The lowest BCUT2D eigenvalue weighted by molar-refractivity contribution is -0.121. The quantitative estimate of drug-likeness (QED) is 0.780. The molecule has 0 radical (unpaired) electrons. The molecule has 0 aliphatic carbocycles. The molecule has 0 bridgehead atoms. The number of carbonyl (C=O) groups is 1. The van der Waals surface area contributed by atoms with Gasteiger partial charge in [-0.05, 0) is 49.4 Å². The summed E-state index contributed by atoms with van der Waals surface area (Å²) < 4.78 is 5.45. The molecule has 1 aromatic carbocycles. The number of benzene rings is 1. The molecule has 4 rings (SSSR count). The Morgan fingerprint density at radius 3 is 2.76 bits per heavy atom. The second-order valence-electron chi connectivity index (χ2n) is 7.83. The maximum absolute atomic E-state index is 12.3. The molecule has 29 heavy (non-hydrogen) atoms. The summed E-state index contributed by atoms with van der Waals surface area (Å²) in [6.07, 6.45) is 5.87. The van der Waals surface area contributed by atoms with Crippen molar-refractivity contribution in [2.45, 2.75) is 44.1 Å². The number of phenolic OH excluding ortho intramolecular Hbond substituents is 1. The lowest BCUT2D eigenvalue weighted by atomic mass is 9.96. The van der Waals surface area contributed by atoms with Crippen LogP contribution in [0, 0.1) is 0 Å². The predicted octanol–water partition coefficient (Wildman–Crippen LogP) is 2.40. The van der Waals surface area contributed by atoms with Crippen molar-refractivity contribution in [3.63, 3.8) is 0 Å². The predicted molar refractivity (Wildman–Crippen MR) is 110 cm³/mol. The topological polar surface area (TPSA) is 87.6 Å². The summed E-state index contributed by atoms with van der Waals surface area (Å²) in [5, 5.41) is 12.5. The van der Waals surface area contributed by atoms with E-state index in [9.17, 15) is 9.90 Å². The van der Waals surface area contributed by atoms with E-state index < -0.39 is 0 Å². The number of aromatic hydroxyl groups is 1. The van der Waals surface area contributed by atoms with Crippen LogP contribution >= 0.6 is 0 Å². The van der Waals surface area contributed by atoms with E-state index in [1.165, 1.54) is 0 Å². The van der Waals surface area contributed by atoms with Gasteiger partial charge < -0.3 is 20.1 Å². The molecule has 1 atom stereocenters. The Labute approximate surface area is 171 Å². The fourth-order valence-corrected chi connectivity index (χ4v) is 4.02. The van der Waals surface area contributed by atoms with Crippen molar-refractivity contribution in [3.8, 4) is 5.75 Å². The summed E-state index contributed by atoms with van der Waals surface area (Å²) in [7, 11) is 0. The number of nitrogens with zero attached hydrogens (tertiary/aromatic N) is 3. The van der Waals surface area contributed by atoms with E-state index in [2.05, 4.69) is 15.2 Å². The van der Waals surface area contributed by atoms with Crippen LogP contribution in [0.1, 0.15) is 42.9 Å². The fourth-order valence-electron chi connectivity index (χ4n) is 4.02. The summed E-state index contributed by atoms with van der Waals surface area (Å²) in [4.78, 5) is 23.7. The number of aromatic nitrogens is 2. The van der Waals surface area contributed by atoms with Gasteiger partial charge in [0.25, 0.3) is 0 Å². The average Bonchev–Trinajstić information content (AvgIpc) is 3.22. The maximum atomic E-state index is 12.3. The molecule has 2 aliphatic heterocycles. The third-order valence-corrected chi connectivity index (χ3v) is 5.72. The zero-order chi connectivity index (χ0) is 20.1. The maximum Gasteiger partial charge on any atom is 0.225 e. The Balaban J connectivity index is 1.27. The minimum Gasteiger partial charge on any atom is -0.508 e. The molecule has 2 saturated heterocycles. The van der Waals surface area contributed by atoms with Crippen molar-refractivity contribution in [2.75, 3.05) is 31.2 Å². The van der Waals surface area contributed by atoms with Gasteiger partial charge in [0.2, 0.25) is 11.9 Å². The van der Waals surface area contributed by atoms with Gasteiger partial charge in [-0.1, -0.05) is 12.1 Å². The number of anilines is 1. The number of phenols is 1. The van der Waals surface area contributed by atoms with E-state index in [-0.39, 0.29) is 17.7 Å². The van der Waals surface area contributed by atoms with Crippen LogP contribution < -0.4 is 10.2 Å². The smallest absolute Gasteiger partial charge is 0.225 e. The summed E-state index contributed by atoms with van der Waals surface area (Å²) >= 11 is 0. The molecule has 154 valence electrons. The van der Waals surface area contributed by atoms with Gasteiger partial charge in [-0.3, -0.25) is 4.79 Å². The number of carbonyl (C=O) groups excluding carboxylic acids is 1. The Morgan fingerprint density at radius 1 is 1.17 bits per heavy atom. The highest BCUT2D eigenvalue weighted by atomic mass is 16.5. The van der Waals surface area contributed by atoms with E-state index in [1.807, 2.05) is 24.4 Å². The van der Waals surface area contributed by atoms with E-state index in [4.69, 9.17) is 9.72 Å². The zero-order valence-electron chi connectivity index (χ0n) is 16.6. The minimum absolute atomic E-state index is 0.0572. The highest BCUT2D eigenvalue weighted by Gasteiger charge is 2.26. The molecule has 1 unspecified atom stereocenters. The van der Waals surface area contributed by atoms with Crippen molar-refractivity contribution in [2.24, 2.45) is 0 Å². The number of amides is 1. The lowest BCUT2D eigenvalue weighted by Gasteiger charge is -2.23. The largest absolute Gasteiger partial charge is 0.508 e. The summed E-state index contributed by atoms with van der Waals surface area (Å²) in [5.74, 6) is 1.51. The van der Waals surface area contributed by atoms with Crippen LogP contribution in [0.25, 0.3) is 0 Å². The first-order chi connectivity index (χ1) is 14.2. The number of aryl methyl sites for hydroxylation is 1. The van der Waals surface area contributed by atoms with Crippen molar-refractivity contribution in [1.82, 2.24) is 15.3 Å². The van der Waals surface area contributed by atoms with Gasteiger partial charge in [-0.25, -0.2) is 9.97 Å². The molecule has 2 aromatic rings. The van der Waals surface area contributed by atoms with Gasteiger partial charge in [0, 0.05) is 56.6 Å². The standard InChI is InChI=1S/C22H28N4O3/c27-19-4-1-16(2-5-19)3-6-21(28)24-18-8-12-26(15-18)22-23-11-7-20(25-22)17-9-13-29-14-10-17/h1-2,4-5,7,11,17-18,27H,3,6,8-10,12-15H2,(H,24,28). The van der Waals surface area contributed by atoms with Crippen molar-refractivity contribution < 1.29 is 14.6 Å². The van der Waals surface area contributed by atoms with Crippen molar-refractivity contribution in [1.29, 1.82) is 0 Å². The van der Waals surface area contributed by atoms with Crippen LogP contribution in [0.3, 0.4) is 0 Å². The monoisotopic (exact) mass is 396 g/mol. The van der Waals surface area contributed by atoms with Gasteiger partial charge in [-0.15, -0.1) is 0 Å². The molecule has 2 N–H and O–H groups in total. The second kappa shape index (κ2) is 9.22. The third kappa shape index (κ3) is 5.23. The third-order valence-electron chi connectivity index (χ3n) is 5.72. The normalized spacial score (nSPS) is 20.0. The fraction of sp³-hybridized carbons (Fsp3) is 0.500. The molecular formula is C22H28N4O3. The summed E-state index contributed by atoms with van der Waals surface area (Å²) in [6, 6.07) is 9.13. The van der Waals surface area contributed by atoms with Crippen LogP contribution in [0.5, 0.6) is 5.75 Å². The zero-order valence-corrected chi connectivity index (χ0v) is 16.6. The first-order valence-corrected chi connectivity index (χ1v) is 10.4. The molecule has 0 spiro atoms. The summed E-state index contributed by atoms with van der Waals surface area (Å²) in [5.41, 5.74) is 2.14. The molecule has 1 amide bonds. The van der Waals surface area contributed by atoms with Crippen LogP contribution in [-0.4, -0.2) is 53.3 Å². The van der Waals surface area contributed by atoms with Crippen molar-refractivity contribution >= 4 is 11.9 Å². The van der Waals surface area contributed by atoms with Crippen LogP contribution in [0.2, 0.25) is 0 Å². The molecule has 1 aromatic heterocycles.